The van der Waals surface area contributed by atoms with Crippen LogP contribution in [0.2, 0.25) is 0 Å². The maximum absolute atomic E-state index is 11.1. The number of ether oxygens (including phenoxy) is 1. The highest BCUT2D eigenvalue weighted by atomic mass is 16.6. The van der Waals surface area contributed by atoms with Gasteiger partial charge in [0.2, 0.25) is 0 Å². The molecule has 0 aromatic carbocycles. The average Bonchev–Trinajstić information content (AvgIpc) is 2.05. The minimum absolute atomic E-state index is 0.0459. The number of aliphatic hydroxyl groups is 1. The lowest BCUT2D eigenvalue weighted by Gasteiger charge is -2.24. The monoisotopic (exact) mass is 205 g/mol. The molecule has 0 bridgehead atoms. The molecule has 0 aliphatic carbocycles. The molecule has 0 rings (SSSR count). The summed E-state index contributed by atoms with van der Waals surface area (Å²) < 4.78 is 5.03. The van der Waals surface area contributed by atoms with Crippen molar-refractivity contribution in [2.24, 2.45) is 0 Å². The Morgan fingerprint density at radius 2 is 1.79 bits per heavy atom. The number of aliphatic hydroxyl groups excluding tert-OH is 1. The van der Waals surface area contributed by atoms with E-state index < -0.39 is 11.7 Å². The van der Waals surface area contributed by atoms with E-state index in [9.17, 15) is 4.79 Å². The van der Waals surface area contributed by atoms with E-state index in [-0.39, 0.29) is 6.61 Å². The largest absolute Gasteiger partial charge is 0.444 e. The number of carbonyl (C=O) groups excluding carboxylic acids is 1. The van der Waals surface area contributed by atoms with Gasteiger partial charge in [0.05, 0.1) is 6.61 Å². The summed E-state index contributed by atoms with van der Waals surface area (Å²) in [5.74, 6) is 0. The molecular formula is C10H23NO3. The van der Waals surface area contributed by atoms with Crippen molar-refractivity contribution in [3.63, 3.8) is 0 Å². The van der Waals surface area contributed by atoms with Gasteiger partial charge in [0.25, 0.3) is 0 Å². The predicted octanol–water partition coefficient (Wildman–Crippen LogP) is 1.87. The van der Waals surface area contributed by atoms with Crippen LogP contribution >= 0.6 is 0 Å². The second-order valence-corrected chi connectivity index (χ2v) is 3.63. The third-order valence-electron chi connectivity index (χ3n) is 1.14. The Balaban J connectivity index is 0. The Labute approximate surface area is 86.9 Å². The summed E-state index contributed by atoms with van der Waals surface area (Å²) >= 11 is 0. The Kier molecular flexibility index (Phi) is 8.54. The number of likely N-dealkylation sites (N-methyl/N-ethyl adjacent to an activating group) is 1. The van der Waals surface area contributed by atoms with Gasteiger partial charge in [-0.05, 0) is 20.8 Å². The van der Waals surface area contributed by atoms with Crippen molar-refractivity contribution in [2.45, 2.75) is 40.2 Å². The van der Waals surface area contributed by atoms with E-state index in [1.807, 2.05) is 13.8 Å². The molecule has 0 aliphatic heterocycles. The lowest BCUT2D eigenvalue weighted by molar-refractivity contribution is 0.0272. The van der Waals surface area contributed by atoms with Gasteiger partial charge in [-0.25, -0.2) is 4.79 Å². The van der Waals surface area contributed by atoms with Crippen molar-refractivity contribution in [1.82, 2.24) is 4.90 Å². The quantitative estimate of drug-likeness (QED) is 0.748. The van der Waals surface area contributed by atoms with Gasteiger partial charge in [0.1, 0.15) is 5.60 Å². The molecule has 4 heteroatoms. The number of hydrogen-bond donors (Lipinski definition) is 1. The standard InChI is InChI=1S/C8H17NO3.C2H6/c1-8(2,3)12-7(11)9(4)5-6-10;1-2/h10H,5-6H2,1-4H3;1-2H3. The van der Waals surface area contributed by atoms with Crippen LogP contribution in [0.25, 0.3) is 0 Å². The van der Waals surface area contributed by atoms with Crippen LogP contribution in [0.1, 0.15) is 34.6 Å². The fraction of sp³-hybridized carbons (Fsp3) is 0.900. The molecule has 0 spiro atoms. The number of carbonyl (C=O) groups is 1. The molecule has 0 saturated heterocycles. The van der Waals surface area contributed by atoms with Crippen LogP contribution in [0.5, 0.6) is 0 Å². The smallest absolute Gasteiger partial charge is 0.410 e. The molecule has 4 nitrogen and oxygen atoms in total. The lowest BCUT2D eigenvalue weighted by Crippen LogP contribution is -2.35. The molecule has 0 saturated carbocycles. The number of amides is 1. The van der Waals surface area contributed by atoms with Crippen molar-refractivity contribution in [3.8, 4) is 0 Å². The topological polar surface area (TPSA) is 49.8 Å². The second kappa shape index (κ2) is 7.62. The highest BCUT2D eigenvalue weighted by molar-refractivity contribution is 5.67. The first-order valence-corrected chi connectivity index (χ1v) is 4.92. The van der Waals surface area contributed by atoms with Gasteiger partial charge < -0.3 is 14.7 Å². The highest BCUT2D eigenvalue weighted by Crippen LogP contribution is 2.08. The minimum atomic E-state index is -0.471. The van der Waals surface area contributed by atoms with Crippen molar-refractivity contribution < 1.29 is 14.6 Å². The van der Waals surface area contributed by atoms with Gasteiger partial charge >= 0.3 is 6.09 Å². The molecule has 0 aliphatic rings. The van der Waals surface area contributed by atoms with E-state index in [1.54, 1.807) is 27.8 Å². The van der Waals surface area contributed by atoms with E-state index in [2.05, 4.69) is 0 Å². The summed E-state index contributed by atoms with van der Waals surface area (Å²) in [5, 5.41) is 8.53. The summed E-state index contributed by atoms with van der Waals surface area (Å²) in [6.07, 6.45) is -0.406. The highest BCUT2D eigenvalue weighted by Gasteiger charge is 2.18. The van der Waals surface area contributed by atoms with Crippen LogP contribution in [0.4, 0.5) is 4.79 Å². The van der Waals surface area contributed by atoms with Crippen molar-refractivity contribution in [2.75, 3.05) is 20.2 Å². The molecule has 1 amide bonds. The van der Waals surface area contributed by atoms with E-state index in [0.29, 0.717) is 6.54 Å². The molecule has 14 heavy (non-hydrogen) atoms. The van der Waals surface area contributed by atoms with Crippen molar-refractivity contribution >= 4 is 6.09 Å². The third kappa shape index (κ3) is 9.32. The first-order valence-electron chi connectivity index (χ1n) is 4.92. The van der Waals surface area contributed by atoms with Crippen LogP contribution in [-0.4, -0.2) is 41.9 Å². The van der Waals surface area contributed by atoms with Gasteiger partial charge in [-0.3, -0.25) is 0 Å². The molecule has 0 radical (unpaired) electrons. The van der Waals surface area contributed by atoms with Gasteiger partial charge in [-0.1, -0.05) is 13.8 Å². The Hall–Kier alpha value is -0.770. The molecule has 0 fully saturated rings. The Morgan fingerprint density at radius 3 is 2.07 bits per heavy atom. The number of hydrogen-bond acceptors (Lipinski definition) is 3. The van der Waals surface area contributed by atoms with Gasteiger partial charge in [-0.15, -0.1) is 0 Å². The van der Waals surface area contributed by atoms with Crippen LogP contribution in [0, 0.1) is 0 Å². The number of rotatable bonds is 2. The fourth-order valence-electron chi connectivity index (χ4n) is 0.581. The van der Waals surface area contributed by atoms with E-state index >= 15 is 0 Å². The summed E-state index contributed by atoms with van der Waals surface area (Å²) in [6, 6.07) is 0. The van der Waals surface area contributed by atoms with Crippen molar-refractivity contribution in [1.29, 1.82) is 0 Å². The van der Waals surface area contributed by atoms with Crippen LogP contribution < -0.4 is 0 Å². The predicted molar refractivity (Wildman–Crippen MR) is 57.3 cm³/mol. The lowest BCUT2D eigenvalue weighted by atomic mass is 10.2. The van der Waals surface area contributed by atoms with Crippen molar-refractivity contribution in [3.05, 3.63) is 0 Å². The molecule has 0 unspecified atom stereocenters. The molecule has 1 N–H and O–H groups in total. The van der Waals surface area contributed by atoms with Gasteiger partial charge in [-0.2, -0.15) is 0 Å². The Morgan fingerprint density at radius 1 is 1.36 bits per heavy atom. The summed E-state index contributed by atoms with van der Waals surface area (Å²) in [4.78, 5) is 12.5. The zero-order valence-corrected chi connectivity index (χ0v) is 10.1. The average molecular weight is 205 g/mol. The van der Waals surface area contributed by atoms with Crippen LogP contribution in [-0.2, 0) is 4.74 Å². The third-order valence-corrected chi connectivity index (χ3v) is 1.14. The van der Waals surface area contributed by atoms with Crippen LogP contribution in [0.15, 0.2) is 0 Å². The maximum atomic E-state index is 11.1. The van der Waals surface area contributed by atoms with E-state index in [1.165, 1.54) is 4.90 Å². The maximum Gasteiger partial charge on any atom is 0.410 e. The first-order chi connectivity index (χ1) is 6.37. The summed E-state index contributed by atoms with van der Waals surface area (Å²) in [5.41, 5.74) is -0.471. The molecule has 0 heterocycles. The second-order valence-electron chi connectivity index (χ2n) is 3.63. The van der Waals surface area contributed by atoms with E-state index in [4.69, 9.17) is 9.84 Å². The summed E-state index contributed by atoms with van der Waals surface area (Å²) in [6.45, 7) is 9.66. The summed E-state index contributed by atoms with van der Waals surface area (Å²) in [7, 11) is 1.59. The SMILES string of the molecule is CC.CN(CCO)C(=O)OC(C)(C)C. The first kappa shape index (κ1) is 15.7. The van der Waals surface area contributed by atoms with Crippen LogP contribution in [0.3, 0.4) is 0 Å². The Bertz CT molecular complexity index is 152. The van der Waals surface area contributed by atoms with Gasteiger partial charge in [0.15, 0.2) is 0 Å². The fourth-order valence-corrected chi connectivity index (χ4v) is 0.581. The molecule has 0 aromatic heterocycles. The number of nitrogens with zero attached hydrogens (tertiary/aromatic N) is 1. The molecular weight excluding hydrogens is 182 g/mol. The molecule has 0 atom stereocenters. The normalized spacial score (nSPS) is 9.93. The zero-order valence-electron chi connectivity index (χ0n) is 10.1. The zero-order chi connectivity index (χ0) is 11.8. The minimum Gasteiger partial charge on any atom is -0.444 e. The molecule has 0 aromatic rings. The molecule has 86 valence electrons. The van der Waals surface area contributed by atoms with Gasteiger partial charge in [0, 0.05) is 13.6 Å². The van der Waals surface area contributed by atoms with E-state index in [0.717, 1.165) is 0 Å².